The van der Waals surface area contributed by atoms with Crippen molar-refractivity contribution in [1.82, 2.24) is 0 Å². The first kappa shape index (κ1) is 26.4. The van der Waals surface area contributed by atoms with Crippen LogP contribution in [0.15, 0.2) is 77.7 Å². The van der Waals surface area contributed by atoms with Gasteiger partial charge in [-0.3, -0.25) is 4.79 Å². The van der Waals surface area contributed by atoms with Crippen molar-refractivity contribution in [2.24, 2.45) is 0 Å². The summed E-state index contributed by atoms with van der Waals surface area (Å²) >= 11 is 6.66. The number of ether oxygens (including phenoxy) is 1. The lowest BCUT2D eigenvalue weighted by atomic mass is 10.1. The first-order valence-electron chi connectivity index (χ1n) is 10.7. The highest BCUT2D eigenvalue weighted by Crippen LogP contribution is 2.35. The number of thiocarbonyl (C=S) groups is 1. The topological polar surface area (TPSA) is 62.4 Å². The summed E-state index contributed by atoms with van der Waals surface area (Å²) in [4.78, 5) is 13.6. The molecule has 184 valence electrons. The zero-order valence-electron chi connectivity index (χ0n) is 19.0. The lowest BCUT2D eigenvalue weighted by Crippen LogP contribution is -2.26. The molecule has 0 saturated carbocycles. The molecule has 3 aromatic carbocycles. The smallest absolute Gasteiger partial charge is 0.418 e. The Bertz CT molecular complexity index is 1190. The number of nitrogens with one attached hydrogen (secondary N) is 3. The average Bonchev–Trinajstić information content (AvgIpc) is 2.82. The van der Waals surface area contributed by atoms with E-state index in [9.17, 15) is 18.0 Å². The summed E-state index contributed by atoms with van der Waals surface area (Å²) in [5.74, 6) is 0.144. The van der Waals surface area contributed by atoms with Crippen LogP contribution in [0.2, 0.25) is 0 Å². The molecule has 10 heteroatoms. The number of methoxy groups -OCH3 is 1. The van der Waals surface area contributed by atoms with Crippen LogP contribution < -0.4 is 20.7 Å². The summed E-state index contributed by atoms with van der Waals surface area (Å²) in [5, 5.41) is 8.36. The van der Waals surface area contributed by atoms with Crippen LogP contribution in [0.5, 0.6) is 5.75 Å². The van der Waals surface area contributed by atoms with Crippen molar-refractivity contribution in [2.75, 3.05) is 23.1 Å². The number of carbonyl (C=O) groups excluding carboxylic acids is 1. The second kappa shape index (κ2) is 11.9. The molecule has 0 radical (unpaired) electrons. The van der Waals surface area contributed by atoms with E-state index in [2.05, 4.69) is 16.0 Å². The van der Waals surface area contributed by atoms with Gasteiger partial charge in [-0.1, -0.05) is 37.3 Å². The van der Waals surface area contributed by atoms with E-state index in [1.807, 2.05) is 42.5 Å². The molecule has 3 rings (SSSR count). The van der Waals surface area contributed by atoms with Crippen molar-refractivity contribution in [2.45, 2.75) is 29.7 Å². The van der Waals surface area contributed by atoms with Crippen LogP contribution in [0.1, 0.15) is 18.9 Å². The van der Waals surface area contributed by atoms with E-state index in [1.54, 1.807) is 20.1 Å². The molecule has 3 N–H and O–H groups in total. The molecule has 0 aromatic heterocycles. The van der Waals surface area contributed by atoms with Gasteiger partial charge in [-0.05, 0) is 61.1 Å². The Hall–Kier alpha value is -3.24. The van der Waals surface area contributed by atoms with Crippen LogP contribution in [0.25, 0.3) is 0 Å². The molecule has 0 aliphatic rings. The van der Waals surface area contributed by atoms with Crippen molar-refractivity contribution in [3.63, 3.8) is 0 Å². The molecule has 0 aliphatic carbocycles. The zero-order chi connectivity index (χ0) is 25.4. The largest absolute Gasteiger partial charge is 0.495 e. The summed E-state index contributed by atoms with van der Waals surface area (Å²) in [6, 6.07) is 19.6. The highest BCUT2D eigenvalue weighted by atomic mass is 32.2. The number of anilines is 3. The van der Waals surface area contributed by atoms with Gasteiger partial charge in [-0.2, -0.15) is 13.2 Å². The normalized spacial score (nSPS) is 11.9. The van der Waals surface area contributed by atoms with Gasteiger partial charge in [-0.15, -0.1) is 11.8 Å². The van der Waals surface area contributed by atoms with E-state index in [0.717, 1.165) is 11.0 Å². The lowest BCUT2D eigenvalue weighted by Gasteiger charge is -2.18. The molecule has 0 heterocycles. The van der Waals surface area contributed by atoms with E-state index < -0.39 is 22.9 Å². The molecular weight excluding hydrogens is 495 g/mol. The summed E-state index contributed by atoms with van der Waals surface area (Å²) in [5.41, 5.74) is 0.266. The van der Waals surface area contributed by atoms with Gasteiger partial charge in [0.15, 0.2) is 5.11 Å². The van der Waals surface area contributed by atoms with E-state index in [1.165, 1.54) is 30.0 Å². The van der Waals surface area contributed by atoms with E-state index in [-0.39, 0.29) is 5.69 Å². The fourth-order valence-electron chi connectivity index (χ4n) is 3.22. The molecule has 0 spiro atoms. The molecule has 3 aromatic rings. The van der Waals surface area contributed by atoms with Crippen molar-refractivity contribution in [3.05, 3.63) is 78.4 Å². The third-order valence-electron chi connectivity index (χ3n) is 4.88. The van der Waals surface area contributed by atoms with Crippen LogP contribution in [-0.2, 0) is 11.0 Å². The number of benzene rings is 3. The third kappa shape index (κ3) is 7.37. The maximum absolute atomic E-state index is 13.3. The van der Waals surface area contributed by atoms with E-state index in [0.29, 0.717) is 28.7 Å². The second-order valence-corrected chi connectivity index (χ2v) is 9.04. The minimum Gasteiger partial charge on any atom is -0.495 e. The SMILES string of the molecule is CCC(Sc1cccc(NC(=S)Nc2ccccc2OC)c1)C(=O)Nc1ccccc1C(F)(F)F. The minimum absolute atomic E-state index is 0.257. The summed E-state index contributed by atoms with van der Waals surface area (Å²) in [6.45, 7) is 1.81. The highest BCUT2D eigenvalue weighted by molar-refractivity contribution is 8.00. The molecule has 1 amide bonds. The number of hydrogen-bond acceptors (Lipinski definition) is 4. The van der Waals surface area contributed by atoms with Crippen LogP contribution in [0.3, 0.4) is 0 Å². The second-order valence-electron chi connectivity index (χ2n) is 7.35. The molecule has 0 fully saturated rings. The van der Waals surface area contributed by atoms with Gasteiger partial charge in [0.1, 0.15) is 5.75 Å². The predicted octanol–water partition coefficient (Wildman–Crippen LogP) is 7.03. The first-order valence-corrected chi connectivity index (χ1v) is 11.9. The number of hydrogen-bond donors (Lipinski definition) is 3. The number of rotatable bonds is 8. The van der Waals surface area contributed by atoms with Gasteiger partial charge in [0.2, 0.25) is 5.91 Å². The Kier molecular flexibility index (Phi) is 9.00. The monoisotopic (exact) mass is 519 g/mol. The average molecular weight is 520 g/mol. The van der Waals surface area contributed by atoms with Gasteiger partial charge in [0, 0.05) is 10.6 Å². The molecule has 0 bridgehead atoms. The van der Waals surface area contributed by atoms with Gasteiger partial charge in [0.25, 0.3) is 0 Å². The quantitative estimate of drug-likeness (QED) is 0.219. The molecule has 1 atom stereocenters. The summed E-state index contributed by atoms with van der Waals surface area (Å²) in [6.07, 6.45) is -4.13. The van der Waals surface area contributed by atoms with Gasteiger partial charge in [0.05, 0.1) is 29.3 Å². The molecule has 35 heavy (non-hydrogen) atoms. The third-order valence-corrected chi connectivity index (χ3v) is 6.44. The van der Waals surface area contributed by atoms with Crippen molar-refractivity contribution >= 4 is 52.1 Å². The minimum atomic E-state index is -4.56. The van der Waals surface area contributed by atoms with Gasteiger partial charge in [-0.25, -0.2) is 0 Å². The Labute approximate surface area is 211 Å². The molecule has 5 nitrogen and oxygen atoms in total. The fraction of sp³-hybridized carbons (Fsp3) is 0.200. The molecule has 1 unspecified atom stereocenters. The van der Waals surface area contributed by atoms with Gasteiger partial charge < -0.3 is 20.7 Å². The summed E-state index contributed by atoms with van der Waals surface area (Å²) < 4.78 is 45.1. The standard InChI is InChI=1S/C25H24F3N3O2S2/c1-3-22(23(32)30-19-12-5-4-11-18(19)25(26,27)28)35-17-10-8-9-16(15-17)29-24(34)31-20-13-6-7-14-21(20)33-2/h4-15,22H,3H2,1-2H3,(H,30,32)(H2,29,31,34). The molecule has 0 aliphatic heterocycles. The maximum atomic E-state index is 13.3. The van der Waals surface area contributed by atoms with Crippen LogP contribution in [0, 0.1) is 0 Å². The Balaban J connectivity index is 1.67. The Morgan fingerprint density at radius 2 is 1.66 bits per heavy atom. The molecular formula is C25H24F3N3O2S2. The van der Waals surface area contributed by atoms with Crippen LogP contribution in [-0.4, -0.2) is 23.4 Å². The number of alkyl halides is 3. The predicted molar refractivity (Wildman–Crippen MR) is 139 cm³/mol. The summed E-state index contributed by atoms with van der Waals surface area (Å²) in [7, 11) is 1.57. The van der Waals surface area contributed by atoms with Crippen molar-refractivity contribution < 1.29 is 22.7 Å². The van der Waals surface area contributed by atoms with Gasteiger partial charge >= 0.3 is 6.18 Å². The van der Waals surface area contributed by atoms with Crippen LogP contribution in [0.4, 0.5) is 30.2 Å². The fourth-order valence-corrected chi connectivity index (χ4v) is 4.46. The van der Waals surface area contributed by atoms with Crippen molar-refractivity contribution in [3.8, 4) is 5.75 Å². The number of amides is 1. The lowest BCUT2D eigenvalue weighted by molar-refractivity contribution is -0.137. The Morgan fingerprint density at radius 1 is 0.971 bits per heavy atom. The maximum Gasteiger partial charge on any atom is 0.418 e. The number of thioether (sulfide) groups is 1. The number of carbonyl (C=O) groups is 1. The molecule has 0 saturated heterocycles. The van der Waals surface area contributed by atoms with E-state index in [4.69, 9.17) is 17.0 Å². The first-order chi connectivity index (χ1) is 16.7. The van der Waals surface area contributed by atoms with E-state index >= 15 is 0 Å². The number of halogens is 3. The van der Waals surface area contributed by atoms with Crippen molar-refractivity contribution in [1.29, 1.82) is 0 Å². The Morgan fingerprint density at radius 3 is 2.34 bits per heavy atom. The van der Waals surface area contributed by atoms with Crippen LogP contribution >= 0.6 is 24.0 Å². The highest BCUT2D eigenvalue weighted by Gasteiger charge is 2.34. The number of para-hydroxylation sites is 3. The zero-order valence-corrected chi connectivity index (χ0v) is 20.6.